The molecule has 0 saturated carbocycles. The molecule has 0 amide bonds. The molecule has 68 heavy (non-hydrogen) atoms. The van der Waals surface area contributed by atoms with Gasteiger partial charge in [0.15, 0.2) is 0 Å². The summed E-state index contributed by atoms with van der Waals surface area (Å²) < 4.78 is 18.2. The summed E-state index contributed by atoms with van der Waals surface area (Å²) in [6.45, 7) is 0. The molecule has 0 radical (unpaired) electrons. The van der Waals surface area contributed by atoms with Gasteiger partial charge in [-0.25, -0.2) is 47.9 Å². The van der Waals surface area contributed by atoms with Crippen LogP contribution in [0.15, 0.2) is 109 Å². The molecule has 0 fully saturated rings. The highest BCUT2D eigenvalue weighted by atomic mass is 16.6. The molecule has 4 rings (SSSR count). The number of hydrogen-bond acceptors (Lipinski definition) is 18. The van der Waals surface area contributed by atoms with Crippen LogP contribution in [0.1, 0.15) is 109 Å². The Labute approximate surface area is 379 Å². The number of benzene rings is 4. The van der Waals surface area contributed by atoms with Crippen molar-refractivity contribution in [3.8, 4) is 0 Å². The first kappa shape index (κ1) is 54.1. The topological polar surface area (TPSA) is 397 Å². The van der Waals surface area contributed by atoms with Gasteiger partial charge in [0.1, 0.15) is 0 Å². The molecule has 4 aromatic rings. The van der Waals surface area contributed by atoms with Gasteiger partial charge >= 0.3 is 83.6 Å². The van der Waals surface area contributed by atoms with Crippen molar-refractivity contribution in [3.63, 3.8) is 0 Å². The van der Waals surface area contributed by atoms with Crippen LogP contribution >= 0.6 is 0 Å². The maximum Gasteiger partial charge on any atom is 0.345 e. The fraction of sp³-hybridized carbons (Fsp3) is 0.0909. The molecule has 0 atom stereocenters. The summed E-state index contributed by atoms with van der Waals surface area (Å²) in [5, 5.41) is 50.8. The van der Waals surface area contributed by atoms with Crippen molar-refractivity contribution in [2.45, 2.75) is 25.7 Å². The van der Waals surface area contributed by atoms with Crippen LogP contribution in [0.3, 0.4) is 0 Å². The first-order valence-electron chi connectivity index (χ1n) is 18.4. The number of carboxylic acids is 6. The van der Waals surface area contributed by atoms with Crippen LogP contribution in [-0.4, -0.2) is 114 Å². The van der Waals surface area contributed by atoms with Crippen LogP contribution in [0, 0.1) is 0 Å². The van der Waals surface area contributed by atoms with Gasteiger partial charge < -0.3 is 49.6 Å². The Morgan fingerprint density at radius 2 is 0.426 bits per heavy atom. The summed E-state index contributed by atoms with van der Waals surface area (Å²) >= 11 is 0. The van der Waals surface area contributed by atoms with Crippen molar-refractivity contribution in [2.75, 3.05) is 0 Å². The first-order chi connectivity index (χ1) is 32.0. The number of rotatable bonds is 16. The molecule has 0 saturated heterocycles. The average Bonchev–Trinajstić information content (AvgIpc) is 3.30. The predicted octanol–water partition coefficient (Wildman–Crippen LogP) is 3.57. The fourth-order valence-corrected chi connectivity index (χ4v) is 4.40. The number of esters is 8. The molecule has 4 aromatic carbocycles. The van der Waals surface area contributed by atoms with Crippen LogP contribution in [0.2, 0.25) is 0 Å². The number of carbonyl (C=O) groups is 14. The Kier molecular flexibility index (Phi) is 21.2. The quantitative estimate of drug-likeness (QED) is 0.0404. The monoisotopic (exact) mass is 944 g/mol. The Morgan fingerprint density at radius 3 is 0.559 bits per heavy atom. The molecule has 0 bridgehead atoms. The third-order valence-corrected chi connectivity index (χ3v) is 7.73. The molecule has 0 spiro atoms. The molecule has 0 heterocycles. The van der Waals surface area contributed by atoms with Crippen LogP contribution in [0.25, 0.3) is 0 Å². The van der Waals surface area contributed by atoms with E-state index in [1.165, 1.54) is 48.5 Å². The lowest BCUT2D eigenvalue weighted by atomic mass is 10.1. The lowest BCUT2D eigenvalue weighted by Gasteiger charge is -2.05. The van der Waals surface area contributed by atoms with E-state index in [4.69, 9.17) is 30.6 Å². The molecule has 24 nitrogen and oxygen atoms in total. The third-order valence-electron chi connectivity index (χ3n) is 7.73. The molecule has 24 heteroatoms. The summed E-state index contributed by atoms with van der Waals surface area (Å²) in [6.07, 6.45) is -1.04. The van der Waals surface area contributed by atoms with E-state index in [-0.39, 0.29) is 44.5 Å². The largest absolute Gasteiger partial charge is 0.478 e. The number of hydrogen-bond donors (Lipinski definition) is 6. The van der Waals surface area contributed by atoms with Crippen LogP contribution < -0.4 is 0 Å². The number of aromatic carboxylic acids is 4. The number of carbonyl (C=O) groups excluding carboxylic acids is 8. The summed E-state index contributed by atoms with van der Waals surface area (Å²) in [7, 11) is 0. The van der Waals surface area contributed by atoms with Gasteiger partial charge in [0.05, 0.1) is 70.2 Å². The summed E-state index contributed by atoms with van der Waals surface area (Å²) in [5.41, 5.74) is -0.449. The smallest absolute Gasteiger partial charge is 0.345 e. The SMILES string of the molecule is O=C(CCC(=O)OC(=O)c1ccc(C(=O)O)cc1)OC(=O)c1ccc(C(=O)O)cc1.O=C(CCC(=O)OC(=O)c1ccc(C(=O)O)cc1)OC(=O)c1ccc(C(=O)O)cc1.O=C(O)/C=C\C(=O)O. The third kappa shape index (κ3) is 19.6. The molecular weight excluding hydrogens is 912 g/mol. The van der Waals surface area contributed by atoms with Gasteiger partial charge in [-0.15, -0.1) is 0 Å². The molecule has 6 N–H and O–H groups in total. The first-order valence-corrected chi connectivity index (χ1v) is 18.4. The van der Waals surface area contributed by atoms with E-state index >= 15 is 0 Å². The van der Waals surface area contributed by atoms with E-state index in [2.05, 4.69) is 18.9 Å². The second kappa shape index (κ2) is 26.6. The standard InChI is InChI=1S/2C20H14O10.C4H4O4/c2*21-15(29-19(27)13-5-1-11(2-6-13)17(23)24)9-10-16(22)30-20(28)14-7-3-12(4-8-14)18(25)26;5-3(6)1-2-4(7)8/h2*1-8H,9-10H2,(H,23,24)(H,25,26);1-2H,(H,5,6)(H,7,8)/b;;2-1-. The molecule has 0 aliphatic rings. The van der Waals surface area contributed by atoms with E-state index in [0.29, 0.717) is 12.2 Å². The van der Waals surface area contributed by atoms with Gasteiger partial charge in [0, 0.05) is 12.2 Å². The maximum absolute atomic E-state index is 11.8. The highest BCUT2D eigenvalue weighted by Gasteiger charge is 2.20. The van der Waals surface area contributed by atoms with E-state index in [1.807, 2.05) is 0 Å². The summed E-state index contributed by atoms with van der Waals surface area (Å²) in [6, 6.07) is 18.6. The molecular formula is C44H32O24. The van der Waals surface area contributed by atoms with Crippen molar-refractivity contribution in [3.05, 3.63) is 154 Å². The Hall–Kier alpha value is -10.0. The minimum atomic E-state index is -1.26. The van der Waals surface area contributed by atoms with Gasteiger partial charge in [-0.05, 0) is 97.1 Å². The highest BCUT2D eigenvalue weighted by Crippen LogP contribution is 2.12. The van der Waals surface area contributed by atoms with Gasteiger partial charge in [0.2, 0.25) is 0 Å². The lowest BCUT2D eigenvalue weighted by molar-refractivity contribution is -0.144. The van der Waals surface area contributed by atoms with Crippen molar-refractivity contribution < 1.29 is 117 Å². The van der Waals surface area contributed by atoms with Gasteiger partial charge in [-0.1, -0.05) is 0 Å². The molecule has 0 aromatic heterocycles. The van der Waals surface area contributed by atoms with Crippen molar-refractivity contribution in [1.29, 1.82) is 0 Å². The van der Waals surface area contributed by atoms with Crippen molar-refractivity contribution >= 4 is 83.6 Å². The molecule has 0 aliphatic heterocycles. The number of ether oxygens (including phenoxy) is 4. The Morgan fingerprint density at radius 1 is 0.279 bits per heavy atom. The minimum absolute atomic E-state index is 0.0529. The van der Waals surface area contributed by atoms with Gasteiger partial charge in [-0.3, -0.25) is 19.2 Å². The zero-order chi connectivity index (χ0) is 51.1. The van der Waals surface area contributed by atoms with Crippen LogP contribution in [-0.2, 0) is 47.7 Å². The van der Waals surface area contributed by atoms with E-state index in [1.54, 1.807) is 0 Å². The Balaban J connectivity index is 0.000000402. The Bertz CT molecular complexity index is 2290. The van der Waals surface area contributed by atoms with E-state index in [9.17, 15) is 67.1 Å². The fourth-order valence-electron chi connectivity index (χ4n) is 4.40. The van der Waals surface area contributed by atoms with Crippen LogP contribution in [0.5, 0.6) is 0 Å². The predicted molar refractivity (Wildman–Crippen MR) is 218 cm³/mol. The van der Waals surface area contributed by atoms with E-state index < -0.39 is 109 Å². The second-order valence-corrected chi connectivity index (χ2v) is 12.6. The normalized spacial score (nSPS) is 9.94. The zero-order valence-corrected chi connectivity index (χ0v) is 34.3. The number of carboxylic acid groups (broad SMARTS) is 6. The van der Waals surface area contributed by atoms with Gasteiger partial charge in [0.25, 0.3) is 0 Å². The summed E-state index contributed by atoms with van der Waals surface area (Å²) in [5.74, 6) is -15.5. The minimum Gasteiger partial charge on any atom is -0.478 e. The number of aliphatic carboxylic acids is 2. The highest BCUT2D eigenvalue weighted by molar-refractivity contribution is 6.02. The van der Waals surface area contributed by atoms with Crippen molar-refractivity contribution in [2.24, 2.45) is 0 Å². The average molecular weight is 945 g/mol. The molecule has 0 aliphatic carbocycles. The second-order valence-electron chi connectivity index (χ2n) is 12.6. The maximum atomic E-state index is 11.8. The van der Waals surface area contributed by atoms with Crippen molar-refractivity contribution in [1.82, 2.24) is 0 Å². The lowest BCUT2D eigenvalue weighted by Crippen LogP contribution is -2.17. The van der Waals surface area contributed by atoms with Crippen LogP contribution in [0.4, 0.5) is 0 Å². The van der Waals surface area contributed by atoms with E-state index in [0.717, 1.165) is 48.5 Å². The van der Waals surface area contributed by atoms with Gasteiger partial charge in [-0.2, -0.15) is 0 Å². The zero-order valence-electron chi connectivity index (χ0n) is 34.3. The molecule has 0 unspecified atom stereocenters. The summed E-state index contributed by atoms with van der Waals surface area (Å²) in [4.78, 5) is 156. The molecule has 352 valence electrons.